The van der Waals surface area contributed by atoms with Crippen LogP contribution in [0.4, 0.5) is 0 Å². The van der Waals surface area contributed by atoms with E-state index in [2.05, 4.69) is 32.9 Å². The predicted molar refractivity (Wildman–Crippen MR) is 111 cm³/mol. The quantitative estimate of drug-likeness (QED) is 0.569. The number of nitrogens with zero attached hydrogens (tertiary/aromatic N) is 3. The molecule has 2 fully saturated rings. The largest absolute Gasteiger partial charge is 0.322 e. The van der Waals surface area contributed by atoms with Crippen LogP contribution in [0.3, 0.4) is 0 Å². The summed E-state index contributed by atoms with van der Waals surface area (Å²) in [6.07, 6.45) is 5.99. The van der Waals surface area contributed by atoms with E-state index in [4.69, 9.17) is 6.42 Å². The first kappa shape index (κ1) is 20.2. The highest BCUT2D eigenvalue weighted by Crippen LogP contribution is 2.28. The normalized spacial score (nSPS) is 22.2. The van der Waals surface area contributed by atoms with E-state index in [9.17, 15) is 14.4 Å². The highest BCUT2D eigenvalue weighted by atomic mass is 16.2. The summed E-state index contributed by atoms with van der Waals surface area (Å²) < 4.78 is 0. The van der Waals surface area contributed by atoms with E-state index in [0.717, 1.165) is 37.3 Å². The lowest BCUT2D eigenvalue weighted by molar-refractivity contribution is -0.136. The van der Waals surface area contributed by atoms with Crippen molar-refractivity contribution in [3.63, 3.8) is 0 Å². The minimum Gasteiger partial charge on any atom is -0.322 e. The fourth-order valence-electron chi connectivity index (χ4n) is 4.14. The number of piperazine rings is 1. The van der Waals surface area contributed by atoms with E-state index >= 15 is 0 Å². The molecule has 1 aromatic carbocycles. The molecule has 30 heavy (non-hydrogen) atoms. The number of terminal acetylenes is 1. The number of hydrogen-bond donors (Lipinski definition) is 1. The molecule has 1 N–H and O–H groups in total. The van der Waals surface area contributed by atoms with Crippen molar-refractivity contribution in [1.29, 1.82) is 0 Å². The number of carbonyl (C=O) groups is 3. The lowest BCUT2D eigenvalue weighted by Gasteiger charge is -2.32. The van der Waals surface area contributed by atoms with Crippen molar-refractivity contribution in [2.75, 3.05) is 39.3 Å². The summed E-state index contributed by atoms with van der Waals surface area (Å²) >= 11 is 0. The van der Waals surface area contributed by atoms with Gasteiger partial charge in [-0.05, 0) is 30.2 Å². The van der Waals surface area contributed by atoms with Gasteiger partial charge < -0.3 is 4.90 Å². The van der Waals surface area contributed by atoms with Gasteiger partial charge in [-0.25, -0.2) is 0 Å². The van der Waals surface area contributed by atoms with Gasteiger partial charge in [0.15, 0.2) is 0 Å². The molecule has 0 aliphatic carbocycles. The fraction of sp³-hybridized carbons (Fsp3) is 0.435. The van der Waals surface area contributed by atoms with Crippen molar-refractivity contribution in [3.8, 4) is 24.2 Å². The number of amides is 3. The molecule has 7 nitrogen and oxygen atoms in total. The van der Waals surface area contributed by atoms with Gasteiger partial charge in [-0.3, -0.25) is 29.5 Å². The molecule has 3 heterocycles. The van der Waals surface area contributed by atoms with E-state index < -0.39 is 11.9 Å². The summed E-state index contributed by atoms with van der Waals surface area (Å²) in [4.78, 5) is 42.4. The Morgan fingerprint density at radius 1 is 1.07 bits per heavy atom. The van der Waals surface area contributed by atoms with Crippen molar-refractivity contribution in [1.82, 2.24) is 20.0 Å². The highest BCUT2D eigenvalue weighted by molar-refractivity contribution is 6.05. The maximum absolute atomic E-state index is 12.7. The zero-order valence-corrected chi connectivity index (χ0v) is 16.8. The Kier molecular flexibility index (Phi) is 5.85. The lowest BCUT2D eigenvalue weighted by atomic mass is 10.0. The SMILES string of the molecule is C#CCN1CCN(CC#Cc2ccc3c(c2)CN(C2CCC(=O)NC2=O)C3=O)CC1. The van der Waals surface area contributed by atoms with Crippen LogP contribution in [0.2, 0.25) is 0 Å². The molecule has 0 radical (unpaired) electrons. The monoisotopic (exact) mass is 404 g/mol. The molecule has 4 rings (SSSR count). The van der Waals surface area contributed by atoms with Crippen LogP contribution in [0, 0.1) is 24.2 Å². The van der Waals surface area contributed by atoms with E-state index in [1.807, 2.05) is 12.1 Å². The highest BCUT2D eigenvalue weighted by Gasteiger charge is 2.38. The van der Waals surface area contributed by atoms with Gasteiger partial charge in [0.2, 0.25) is 11.8 Å². The van der Waals surface area contributed by atoms with Crippen LogP contribution in [0.15, 0.2) is 18.2 Å². The second-order valence-corrected chi connectivity index (χ2v) is 7.83. The zero-order valence-electron chi connectivity index (χ0n) is 16.8. The number of nitrogens with one attached hydrogen (secondary N) is 1. The fourth-order valence-corrected chi connectivity index (χ4v) is 4.14. The minimum atomic E-state index is -0.592. The molecule has 7 heteroatoms. The molecular formula is C23H24N4O3. The van der Waals surface area contributed by atoms with Crippen molar-refractivity contribution < 1.29 is 14.4 Å². The molecule has 1 unspecified atom stereocenters. The van der Waals surface area contributed by atoms with Gasteiger partial charge in [0.1, 0.15) is 6.04 Å². The number of carbonyl (C=O) groups excluding carboxylic acids is 3. The number of benzene rings is 1. The van der Waals surface area contributed by atoms with Gasteiger partial charge in [0.25, 0.3) is 5.91 Å². The van der Waals surface area contributed by atoms with Crippen LogP contribution in [0.25, 0.3) is 0 Å². The van der Waals surface area contributed by atoms with Crippen LogP contribution < -0.4 is 5.32 Å². The number of imide groups is 1. The molecule has 2 saturated heterocycles. The summed E-state index contributed by atoms with van der Waals surface area (Å²) in [5.74, 6) is 8.26. The van der Waals surface area contributed by atoms with Gasteiger partial charge in [0.05, 0.1) is 13.1 Å². The topological polar surface area (TPSA) is 73.0 Å². The van der Waals surface area contributed by atoms with Crippen LogP contribution in [0.5, 0.6) is 0 Å². The maximum atomic E-state index is 12.7. The maximum Gasteiger partial charge on any atom is 0.255 e. The van der Waals surface area contributed by atoms with Gasteiger partial charge in [-0.1, -0.05) is 17.8 Å². The van der Waals surface area contributed by atoms with Gasteiger partial charge >= 0.3 is 0 Å². The Balaban J connectivity index is 1.37. The van der Waals surface area contributed by atoms with Crippen LogP contribution in [0.1, 0.15) is 34.3 Å². The Morgan fingerprint density at radius 3 is 2.50 bits per heavy atom. The lowest BCUT2D eigenvalue weighted by Crippen LogP contribution is -2.52. The molecule has 3 amide bonds. The molecule has 0 spiro atoms. The first-order valence-electron chi connectivity index (χ1n) is 10.2. The van der Waals surface area contributed by atoms with Gasteiger partial charge in [-0.15, -0.1) is 6.42 Å². The molecule has 154 valence electrons. The average Bonchev–Trinajstić information content (AvgIpc) is 3.05. The van der Waals surface area contributed by atoms with Gasteiger partial charge in [-0.2, -0.15) is 0 Å². The first-order valence-corrected chi connectivity index (χ1v) is 10.2. The van der Waals surface area contributed by atoms with Crippen molar-refractivity contribution >= 4 is 17.7 Å². The molecular weight excluding hydrogens is 380 g/mol. The van der Waals surface area contributed by atoms with Crippen molar-refractivity contribution in [3.05, 3.63) is 34.9 Å². The molecule has 0 bridgehead atoms. The molecule has 1 atom stereocenters. The van der Waals surface area contributed by atoms with Crippen LogP contribution >= 0.6 is 0 Å². The zero-order chi connectivity index (χ0) is 21.1. The van der Waals surface area contributed by atoms with Crippen LogP contribution in [-0.2, 0) is 16.1 Å². The van der Waals surface area contributed by atoms with E-state index in [0.29, 0.717) is 31.6 Å². The Morgan fingerprint density at radius 2 is 1.80 bits per heavy atom. The van der Waals surface area contributed by atoms with E-state index in [1.165, 1.54) is 0 Å². The third kappa shape index (κ3) is 4.23. The summed E-state index contributed by atoms with van der Waals surface area (Å²) in [6.45, 7) is 5.59. The second kappa shape index (κ2) is 8.71. The Bertz CT molecular complexity index is 976. The average molecular weight is 404 g/mol. The minimum absolute atomic E-state index is 0.163. The molecule has 3 aliphatic rings. The molecule has 0 saturated carbocycles. The smallest absolute Gasteiger partial charge is 0.255 e. The molecule has 0 aromatic heterocycles. The van der Waals surface area contributed by atoms with Crippen molar-refractivity contribution in [2.24, 2.45) is 0 Å². The first-order chi connectivity index (χ1) is 14.5. The Hall–Kier alpha value is -3.13. The standard InChI is InChI=1S/C23H24N4O3/c1-2-9-25-11-13-26(14-12-25)10-3-4-17-5-6-19-18(15-17)16-27(23(19)30)20-7-8-21(28)24-22(20)29/h1,5-6,15,20H,7-14,16H2,(H,24,28,29). The summed E-state index contributed by atoms with van der Waals surface area (Å²) in [7, 11) is 0. The van der Waals surface area contributed by atoms with E-state index in [1.54, 1.807) is 11.0 Å². The molecule has 3 aliphatic heterocycles. The van der Waals surface area contributed by atoms with E-state index in [-0.39, 0.29) is 18.2 Å². The number of piperidine rings is 1. The number of hydrogen-bond acceptors (Lipinski definition) is 5. The second-order valence-electron chi connectivity index (χ2n) is 7.83. The molecule has 1 aromatic rings. The van der Waals surface area contributed by atoms with Crippen LogP contribution in [-0.4, -0.2) is 77.7 Å². The number of rotatable bonds is 3. The number of fused-ring (bicyclic) bond motifs is 1. The summed E-state index contributed by atoms with van der Waals surface area (Å²) in [6, 6.07) is 4.97. The summed E-state index contributed by atoms with van der Waals surface area (Å²) in [5, 5.41) is 2.32. The summed E-state index contributed by atoms with van der Waals surface area (Å²) in [5.41, 5.74) is 2.34. The van der Waals surface area contributed by atoms with Gasteiger partial charge in [0, 0.05) is 50.3 Å². The van der Waals surface area contributed by atoms with Crippen molar-refractivity contribution in [2.45, 2.75) is 25.4 Å². The third-order valence-corrected chi connectivity index (χ3v) is 5.84. The third-order valence-electron chi connectivity index (χ3n) is 5.84. The predicted octanol–water partition coefficient (Wildman–Crippen LogP) is 0.0499. The Labute approximate surface area is 176 Å².